The molecule has 0 aliphatic heterocycles. The highest BCUT2D eigenvalue weighted by Gasteiger charge is 2.32. The number of nitrogens with zero attached hydrogens (tertiary/aromatic N) is 1. The zero-order valence-corrected chi connectivity index (χ0v) is 16.0. The molecule has 0 saturated carbocycles. The summed E-state index contributed by atoms with van der Waals surface area (Å²) in [5.41, 5.74) is 3.00. The van der Waals surface area contributed by atoms with E-state index in [4.69, 9.17) is 0 Å². The Morgan fingerprint density at radius 2 is 1.94 bits per heavy atom. The van der Waals surface area contributed by atoms with E-state index in [1.165, 1.54) is 30.4 Å². The summed E-state index contributed by atoms with van der Waals surface area (Å²) in [5.74, 6) is 0. The van der Waals surface area contributed by atoms with E-state index in [0.717, 1.165) is 16.6 Å². The number of carbonyl (C=O) groups is 1. The minimum Gasteiger partial charge on any atom is -0.353 e. The van der Waals surface area contributed by atoms with Crippen LogP contribution in [0.4, 0.5) is 23.7 Å². The molecule has 0 bridgehead atoms. The Balaban J connectivity index is 1.47. The summed E-state index contributed by atoms with van der Waals surface area (Å²) in [5, 5.41) is 6.33. The predicted octanol–water partition coefficient (Wildman–Crippen LogP) is 5.27. The van der Waals surface area contributed by atoms with Crippen LogP contribution in [0.3, 0.4) is 0 Å². The van der Waals surface area contributed by atoms with Gasteiger partial charge in [-0.3, -0.25) is 9.72 Å². The van der Waals surface area contributed by atoms with Gasteiger partial charge in [-0.05, 0) is 42.5 Å². The Labute approximate surface area is 175 Å². The molecule has 1 aromatic carbocycles. The number of hydrogen-bond donors (Lipinski definition) is 3. The van der Waals surface area contributed by atoms with Crippen molar-refractivity contribution in [3.63, 3.8) is 0 Å². The minimum atomic E-state index is -4.76. The lowest BCUT2D eigenvalue weighted by Gasteiger charge is -2.12. The van der Waals surface area contributed by atoms with Crippen LogP contribution in [0.2, 0.25) is 0 Å². The number of H-pyrrole nitrogens is 1. The zero-order valence-electron chi connectivity index (χ0n) is 16.0. The minimum absolute atomic E-state index is 0.304. The van der Waals surface area contributed by atoms with E-state index >= 15 is 0 Å². The van der Waals surface area contributed by atoms with Crippen LogP contribution in [0, 0.1) is 0 Å². The Morgan fingerprint density at radius 3 is 2.74 bits per heavy atom. The van der Waals surface area contributed by atoms with Crippen molar-refractivity contribution in [3.8, 4) is 11.4 Å². The molecule has 4 rings (SSSR count). The van der Waals surface area contributed by atoms with E-state index in [-0.39, 0.29) is 0 Å². The number of pyridine rings is 1. The number of aromatic nitrogens is 2. The van der Waals surface area contributed by atoms with Gasteiger partial charge in [0.25, 0.3) is 0 Å². The lowest BCUT2D eigenvalue weighted by atomic mass is 10.2. The number of benzene rings is 1. The van der Waals surface area contributed by atoms with Crippen molar-refractivity contribution in [1.82, 2.24) is 15.3 Å². The fourth-order valence-corrected chi connectivity index (χ4v) is 3.11. The van der Waals surface area contributed by atoms with Gasteiger partial charge < -0.3 is 15.6 Å². The van der Waals surface area contributed by atoms with Crippen LogP contribution >= 0.6 is 0 Å². The van der Waals surface area contributed by atoms with Gasteiger partial charge in [0.2, 0.25) is 0 Å². The van der Waals surface area contributed by atoms with E-state index in [0.29, 0.717) is 17.1 Å². The van der Waals surface area contributed by atoms with Crippen LogP contribution in [-0.4, -0.2) is 28.5 Å². The van der Waals surface area contributed by atoms with Gasteiger partial charge in [-0.2, -0.15) is 0 Å². The SMILES string of the molecule is O=C(NC1=CC=CC(OC(F)(F)F)C=C1)Nc1cccnc1-c1cc2ccccc2[nH]1. The Bertz CT molecular complexity index is 1160. The predicted molar refractivity (Wildman–Crippen MR) is 111 cm³/mol. The van der Waals surface area contributed by atoms with Gasteiger partial charge in [-0.1, -0.05) is 30.4 Å². The smallest absolute Gasteiger partial charge is 0.353 e. The van der Waals surface area contributed by atoms with E-state index in [1.807, 2.05) is 30.3 Å². The van der Waals surface area contributed by atoms with Crippen molar-refractivity contribution in [1.29, 1.82) is 0 Å². The van der Waals surface area contributed by atoms with Crippen molar-refractivity contribution >= 4 is 22.6 Å². The van der Waals surface area contributed by atoms with Crippen LogP contribution in [0.25, 0.3) is 22.3 Å². The number of rotatable bonds is 4. The fraction of sp³-hybridized carbons (Fsp3) is 0.0909. The first-order chi connectivity index (χ1) is 14.9. The van der Waals surface area contributed by atoms with Crippen molar-refractivity contribution in [2.45, 2.75) is 12.5 Å². The third-order valence-electron chi connectivity index (χ3n) is 4.41. The second-order valence-corrected chi connectivity index (χ2v) is 6.64. The summed E-state index contributed by atoms with van der Waals surface area (Å²) in [6, 6.07) is 12.5. The molecule has 158 valence electrons. The monoisotopic (exact) mass is 426 g/mol. The first kappa shape index (κ1) is 20.4. The maximum Gasteiger partial charge on any atom is 0.523 e. The lowest BCUT2D eigenvalue weighted by molar-refractivity contribution is -0.330. The number of nitrogens with one attached hydrogen (secondary N) is 3. The van der Waals surface area contributed by atoms with Gasteiger partial charge in [0.1, 0.15) is 11.8 Å². The molecule has 2 aromatic heterocycles. The van der Waals surface area contributed by atoms with Crippen LogP contribution in [0.1, 0.15) is 0 Å². The van der Waals surface area contributed by atoms with Gasteiger partial charge in [0.05, 0.1) is 11.4 Å². The van der Waals surface area contributed by atoms with E-state index in [9.17, 15) is 18.0 Å². The molecule has 2 amide bonds. The second kappa shape index (κ2) is 8.49. The number of fused-ring (bicyclic) bond motifs is 1. The number of amides is 2. The lowest BCUT2D eigenvalue weighted by Crippen LogP contribution is -2.28. The number of carbonyl (C=O) groups excluding carboxylic acids is 1. The van der Waals surface area contributed by atoms with E-state index in [2.05, 4.69) is 25.3 Å². The number of ether oxygens (including phenoxy) is 1. The molecule has 0 saturated heterocycles. The standard InChI is InChI=1S/C22H17F3N4O2/c23-22(24,25)31-16-7-3-6-15(10-11-16)27-21(30)29-18-9-4-12-26-20(18)19-13-14-5-1-2-8-17(14)28-19/h1-13,16,28H,(H2,27,29,30). The average molecular weight is 426 g/mol. The third-order valence-corrected chi connectivity index (χ3v) is 4.41. The van der Waals surface area contributed by atoms with E-state index in [1.54, 1.807) is 18.3 Å². The van der Waals surface area contributed by atoms with Crippen LogP contribution in [0.15, 0.2) is 84.7 Å². The average Bonchev–Trinajstić information content (AvgIpc) is 3.03. The molecule has 1 aliphatic rings. The number of alkyl halides is 3. The molecule has 3 aromatic rings. The summed E-state index contributed by atoms with van der Waals surface area (Å²) >= 11 is 0. The maximum atomic E-state index is 12.5. The molecule has 0 spiro atoms. The molecule has 1 unspecified atom stereocenters. The van der Waals surface area contributed by atoms with Crippen molar-refractivity contribution in [2.75, 3.05) is 5.32 Å². The number of para-hydroxylation sites is 1. The first-order valence-corrected chi connectivity index (χ1v) is 9.30. The highest BCUT2D eigenvalue weighted by Crippen LogP contribution is 2.28. The van der Waals surface area contributed by atoms with Crippen LogP contribution in [-0.2, 0) is 4.74 Å². The number of anilines is 1. The topological polar surface area (TPSA) is 79.0 Å². The number of hydrogen-bond acceptors (Lipinski definition) is 3. The number of urea groups is 1. The summed E-state index contributed by atoms with van der Waals surface area (Å²) < 4.78 is 41.1. The molecule has 1 aliphatic carbocycles. The molecular weight excluding hydrogens is 409 g/mol. The van der Waals surface area contributed by atoms with Crippen molar-refractivity contribution in [3.05, 3.63) is 84.7 Å². The highest BCUT2D eigenvalue weighted by atomic mass is 19.4. The normalized spacial score (nSPS) is 16.1. The fourth-order valence-electron chi connectivity index (χ4n) is 3.11. The van der Waals surface area contributed by atoms with Crippen molar-refractivity contribution < 1.29 is 22.7 Å². The van der Waals surface area contributed by atoms with Gasteiger partial charge in [-0.25, -0.2) is 4.79 Å². The molecule has 0 radical (unpaired) electrons. The second-order valence-electron chi connectivity index (χ2n) is 6.64. The first-order valence-electron chi connectivity index (χ1n) is 9.30. The van der Waals surface area contributed by atoms with Crippen molar-refractivity contribution in [2.24, 2.45) is 0 Å². The largest absolute Gasteiger partial charge is 0.523 e. The van der Waals surface area contributed by atoms with Gasteiger partial charge in [0.15, 0.2) is 0 Å². The third kappa shape index (κ3) is 5.20. The van der Waals surface area contributed by atoms with E-state index < -0.39 is 18.5 Å². The van der Waals surface area contributed by atoms with Crippen LogP contribution in [0.5, 0.6) is 0 Å². The molecule has 2 heterocycles. The molecular formula is C22H17F3N4O2. The number of aromatic amines is 1. The Morgan fingerprint density at radius 1 is 1.10 bits per heavy atom. The Kier molecular flexibility index (Phi) is 5.59. The number of allylic oxidation sites excluding steroid dienone is 3. The van der Waals surface area contributed by atoms with Gasteiger partial charge >= 0.3 is 12.4 Å². The summed E-state index contributed by atoms with van der Waals surface area (Å²) in [6.45, 7) is 0. The van der Waals surface area contributed by atoms with Gasteiger partial charge in [-0.15, -0.1) is 13.2 Å². The molecule has 1 atom stereocenters. The van der Waals surface area contributed by atoms with Crippen LogP contribution < -0.4 is 10.6 Å². The highest BCUT2D eigenvalue weighted by molar-refractivity contribution is 5.95. The summed E-state index contributed by atoms with van der Waals surface area (Å²) in [6.07, 6.45) is 2.21. The zero-order chi connectivity index (χ0) is 21.8. The maximum absolute atomic E-state index is 12.5. The number of halogens is 3. The summed E-state index contributed by atoms with van der Waals surface area (Å²) in [7, 11) is 0. The Hall–Kier alpha value is -3.85. The molecule has 0 fully saturated rings. The molecule has 6 nitrogen and oxygen atoms in total. The quantitative estimate of drug-likeness (QED) is 0.532. The molecule has 3 N–H and O–H groups in total. The molecule has 31 heavy (non-hydrogen) atoms. The molecule has 9 heteroatoms. The van der Waals surface area contributed by atoms with Gasteiger partial charge in [0, 0.05) is 22.8 Å². The summed E-state index contributed by atoms with van der Waals surface area (Å²) in [4.78, 5) is 20.1.